The third kappa shape index (κ3) is 6.08. The number of halogens is 1. The summed E-state index contributed by atoms with van der Waals surface area (Å²) in [5, 5.41) is 2.92. The highest BCUT2D eigenvalue weighted by Gasteiger charge is 2.17. The van der Waals surface area contributed by atoms with Crippen molar-refractivity contribution < 1.29 is 9.53 Å². The van der Waals surface area contributed by atoms with E-state index in [1.807, 2.05) is 18.2 Å². The minimum atomic E-state index is -0.490. The van der Waals surface area contributed by atoms with Crippen molar-refractivity contribution in [2.75, 3.05) is 6.54 Å². The quantitative estimate of drug-likeness (QED) is 0.781. The summed E-state index contributed by atoms with van der Waals surface area (Å²) in [5.74, 6) is 1.64. The number of benzene rings is 1. The molecule has 4 heteroatoms. The molecule has 0 fully saturated rings. The molecule has 0 aliphatic heterocycles. The van der Waals surface area contributed by atoms with Crippen LogP contribution in [0.2, 0.25) is 0 Å². The number of nitrogens with one attached hydrogen (secondary N) is 1. The van der Waals surface area contributed by atoms with Gasteiger partial charge in [-0.05, 0) is 48.9 Å². The number of ether oxygens (including phenoxy) is 1. The van der Waals surface area contributed by atoms with Crippen LogP contribution in [-0.2, 0) is 4.79 Å². The maximum atomic E-state index is 12.0. The smallest absolute Gasteiger partial charge is 0.260 e. The van der Waals surface area contributed by atoms with E-state index in [9.17, 15) is 4.79 Å². The van der Waals surface area contributed by atoms with Crippen LogP contribution in [0.25, 0.3) is 0 Å². The van der Waals surface area contributed by atoms with Crippen molar-refractivity contribution in [1.82, 2.24) is 5.32 Å². The molecule has 1 atom stereocenters. The largest absolute Gasteiger partial charge is 0.481 e. The molecule has 1 unspecified atom stereocenters. The Morgan fingerprint density at radius 2 is 1.90 bits per heavy atom. The van der Waals surface area contributed by atoms with Gasteiger partial charge in [0.15, 0.2) is 6.10 Å². The molecule has 0 spiro atoms. The van der Waals surface area contributed by atoms with E-state index in [0.29, 0.717) is 18.4 Å². The van der Waals surface area contributed by atoms with Gasteiger partial charge in [-0.3, -0.25) is 4.79 Å². The van der Waals surface area contributed by atoms with E-state index in [0.717, 1.165) is 22.2 Å². The summed E-state index contributed by atoms with van der Waals surface area (Å²) < 4.78 is 6.87. The molecule has 0 aliphatic rings. The average Bonchev–Trinajstić information content (AvgIpc) is 2.39. The molecule has 1 aromatic carbocycles. The van der Waals surface area contributed by atoms with E-state index >= 15 is 0 Å². The fraction of sp³-hybridized carbons (Fsp3) is 0.588. The van der Waals surface area contributed by atoms with Crippen LogP contribution in [0.4, 0.5) is 0 Å². The second-order valence-electron chi connectivity index (χ2n) is 6.07. The molecule has 0 saturated carbocycles. The van der Waals surface area contributed by atoms with E-state index < -0.39 is 6.10 Å². The zero-order chi connectivity index (χ0) is 16.0. The van der Waals surface area contributed by atoms with Crippen molar-refractivity contribution in [3.05, 3.63) is 28.2 Å². The van der Waals surface area contributed by atoms with Crippen molar-refractivity contribution in [2.45, 2.75) is 53.1 Å². The van der Waals surface area contributed by atoms with Crippen LogP contribution >= 0.6 is 15.9 Å². The van der Waals surface area contributed by atoms with Gasteiger partial charge in [-0.2, -0.15) is 0 Å². The van der Waals surface area contributed by atoms with Crippen LogP contribution < -0.4 is 10.1 Å². The van der Waals surface area contributed by atoms with Gasteiger partial charge >= 0.3 is 0 Å². The van der Waals surface area contributed by atoms with Crippen molar-refractivity contribution in [3.8, 4) is 5.75 Å². The summed E-state index contributed by atoms with van der Waals surface area (Å²) in [7, 11) is 0. The van der Waals surface area contributed by atoms with Gasteiger partial charge in [0.25, 0.3) is 5.91 Å². The average molecular weight is 356 g/mol. The Labute approximate surface area is 136 Å². The van der Waals surface area contributed by atoms with Crippen LogP contribution in [0.3, 0.4) is 0 Å². The maximum Gasteiger partial charge on any atom is 0.260 e. The van der Waals surface area contributed by atoms with Gasteiger partial charge in [0.05, 0.1) is 0 Å². The molecule has 0 aliphatic carbocycles. The third-order valence-corrected chi connectivity index (χ3v) is 3.78. The molecule has 0 aromatic heterocycles. The summed E-state index contributed by atoms with van der Waals surface area (Å²) in [6, 6.07) is 5.89. The minimum Gasteiger partial charge on any atom is -0.481 e. The standard InChI is InChI=1S/C17H26BrNO2/c1-11(2)8-9-19-17(20)13(5)21-16-7-6-14(18)10-15(16)12(3)4/h6-7,10-13H,8-9H2,1-5H3,(H,19,20). The molecule has 1 N–H and O–H groups in total. The van der Waals surface area contributed by atoms with Gasteiger partial charge in [-0.1, -0.05) is 43.6 Å². The van der Waals surface area contributed by atoms with E-state index in [1.54, 1.807) is 6.92 Å². The fourth-order valence-corrected chi connectivity index (χ4v) is 2.33. The number of hydrogen-bond acceptors (Lipinski definition) is 2. The molecular weight excluding hydrogens is 330 g/mol. The van der Waals surface area contributed by atoms with Crippen LogP contribution in [0.15, 0.2) is 22.7 Å². The van der Waals surface area contributed by atoms with Gasteiger partial charge in [0.2, 0.25) is 0 Å². The lowest BCUT2D eigenvalue weighted by molar-refractivity contribution is -0.127. The number of hydrogen-bond donors (Lipinski definition) is 1. The number of rotatable bonds is 7. The lowest BCUT2D eigenvalue weighted by atomic mass is 10.0. The first kappa shape index (κ1) is 18.0. The highest BCUT2D eigenvalue weighted by Crippen LogP contribution is 2.30. The molecule has 21 heavy (non-hydrogen) atoms. The highest BCUT2D eigenvalue weighted by molar-refractivity contribution is 9.10. The van der Waals surface area contributed by atoms with E-state index in [4.69, 9.17) is 4.74 Å². The molecule has 1 aromatic rings. The molecule has 0 bridgehead atoms. The summed E-state index contributed by atoms with van der Waals surface area (Å²) in [6.07, 6.45) is 0.490. The molecule has 0 saturated heterocycles. The van der Waals surface area contributed by atoms with Crippen molar-refractivity contribution in [1.29, 1.82) is 0 Å². The van der Waals surface area contributed by atoms with E-state index in [1.165, 1.54) is 0 Å². The molecule has 3 nitrogen and oxygen atoms in total. The lowest BCUT2D eigenvalue weighted by Gasteiger charge is -2.19. The number of amides is 1. The predicted molar refractivity (Wildman–Crippen MR) is 90.8 cm³/mol. The Kier molecular flexibility index (Phi) is 7.23. The molecule has 0 radical (unpaired) electrons. The second kappa shape index (κ2) is 8.42. The number of carbonyl (C=O) groups excluding carboxylic acids is 1. The van der Waals surface area contributed by atoms with Gasteiger partial charge in [0.1, 0.15) is 5.75 Å². The first-order valence-corrected chi connectivity index (χ1v) is 8.34. The zero-order valence-electron chi connectivity index (χ0n) is 13.6. The van der Waals surface area contributed by atoms with Crippen molar-refractivity contribution in [2.24, 2.45) is 5.92 Å². The molecule has 118 valence electrons. The second-order valence-corrected chi connectivity index (χ2v) is 6.99. The van der Waals surface area contributed by atoms with E-state index in [2.05, 4.69) is 48.9 Å². The van der Waals surface area contributed by atoms with Gasteiger partial charge < -0.3 is 10.1 Å². The fourth-order valence-electron chi connectivity index (χ4n) is 1.95. The molecule has 1 amide bonds. The van der Waals surface area contributed by atoms with Gasteiger partial charge in [-0.25, -0.2) is 0 Å². The topological polar surface area (TPSA) is 38.3 Å². The summed E-state index contributed by atoms with van der Waals surface area (Å²) in [5.41, 5.74) is 1.10. The van der Waals surface area contributed by atoms with E-state index in [-0.39, 0.29) is 5.91 Å². The van der Waals surface area contributed by atoms with Gasteiger partial charge in [0, 0.05) is 11.0 Å². The Bertz CT molecular complexity index is 472. The Morgan fingerprint density at radius 3 is 2.48 bits per heavy atom. The molecule has 0 heterocycles. The summed E-state index contributed by atoms with van der Waals surface area (Å²) >= 11 is 3.47. The zero-order valence-corrected chi connectivity index (χ0v) is 15.2. The normalized spacial score (nSPS) is 12.6. The van der Waals surface area contributed by atoms with Crippen LogP contribution in [0, 0.1) is 5.92 Å². The third-order valence-electron chi connectivity index (χ3n) is 3.29. The number of carbonyl (C=O) groups is 1. The monoisotopic (exact) mass is 355 g/mol. The van der Waals surface area contributed by atoms with Crippen molar-refractivity contribution >= 4 is 21.8 Å². The molecular formula is C17H26BrNO2. The Hall–Kier alpha value is -1.03. The highest BCUT2D eigenvalue weighted by atomic mass is 79.9. The Morgan fingerprint density at radius 1 is 1.24 bits per heavy atom. The van der Waals surface area contributed by atoms with Crippen molar-refractivity contribution in [3.63, 3.8) is 0 Å². The van der Waals surface area contributed by atoms with Gasteiger partial charge in [-0.15, -0.1) is 0 Å². The lowest BCUT2D eigenvalue weighted by Crippen LogP contribution is -2.37. The van der Waals surface area contributed by atoms with Crippen LogP contribution in [-0.4, -0.2) is 18.6 Å². The summed E-state index contributed by atoms with van der Waals surface area (Å²) in [6.45, 7) is 11.0. The summed E-state index contributed by atoms with van der Waals surface area (Å²) in [4.78, 5) is 12.0. The minimum absolute atomic E-state index is 0.0618. The van der Waals surface area contributed by atoms with Crippen LogP contribution in [0.5, 0.6) is 5.75 Å². The SMILES string of the molecule is CC(C)CCNC(=O)C(C)Oc1ccc(Br)cc1C(C)C. The predicted octanol–water partition coefficient (Wildman–Crippen LogP) is 4.50. The Balaban J connectivity index is 2.65. The maximum absolute atomic E-state index is 12.0. The van der Waals surface area contributed by atoms with Crippen LogP contribution in [0.1, 0.15) is 52.5 Å². The molecule has 1 rings (SSSR count). The first-order chi connectivity index (χ1) is 9.81. The first-order valence-electron chi connectivity index (χ1n) is 7.55.